The van der Waals surface area contributed by atoms with E-state index in [4.69, 9.17) is 5.11 Å². The van der Waals surface area contributed by atoms with Gasteiger partial charge in [-0.05, 0) is 32.1 Å². The zero-order valence-corrected chi connectivity index (χ0v) is 48.2. The van der Waals surface area contributed by atoms with E-state index < -0.39 is 11.9 Å². The second-order valence-electron chi connectivity index (χ2n) is 21.9. The highest BCUT2D eigenvalue weighted by molar-refractivity contribution is 5.69. The first-order chi connectivity index (χ1) is 33.8. The average Bonchev–Trinajstić information content (AvgIpc) is 3.34. The number of aliphatic hydroxyl groups is 1. The monoisotopic (exact) mass is 979 g/mol. The minimum absolute atomic E-state index is 0.0271. The molecule has 5 nitrogen and oxygen atoms in total. The summed E-state index contributed by atoms with van der Waals surface area (Å²) in [6.45, 7) is 11.3. The van der Waals surface area contributed by atoms with Crippen molar-refractivity contribution in [2.75, 3.05) is 0 Å². The number of carboxylic acid groups (broad SMARTS) is 2. The van der Waals surface area contributed by atoms with Crippen LogP contribution in [0.3, 0.4) is 0 Å². The topological polar surface area (TPSA) is 94.8 Å². The van der Waals surface area contributed by atoms with Crippen molar-refractivity contribution in [3.8, 4) is 0 Å². The molecule has 0 aromatic heterocycles. The van der Waals surface area contributed by atoms with E-state index in [0.717, 1.165) is 51.4 Å². The minimum atomic E-state index is -0.657. The normalized spacial score (nSPS) is 11.6. The zero-order chi connectivity index (χ0) is 51.2. The Morgan fingerprint density at radius 2 is 0.435 bits per heavy atom. The highest BCUT2D eigenvalue weighted by Gasteiger charge is 2.16. The van der Waals surface area contributed by atoms with Gasteiger partial charge < -0.3 is 15.3 Å². The molecular formula is C64H130O5. The molecule has 0 rings (SSSR count). The van der Waals surface area contributed by atoms with Crippen molar-refractivity contribution in [1.82, 2.24) is 0 Å². The Morgan fingerprint density at radius 1 is 0.261 bits per heavy atom. The van der Waals surface area contributed by atoms with Crippen molar-refractivity contribution < 1.29 is 24.9 Å². The summed E-state index contributed by atoms with van der Waals surface area (Å²) in [5, 5.41) is 27.9. The lowest BCUT2D eigenvalue weighted by Crippen LogP contribution is -2.13. The molecule has 1 atom stereocenters. The highest BCUT2D eigenvalue weighted by Crippen LogP contribution is 2.21. The van der Waals surface area contributed by atoms with Crippen LogP contribution in [0.2, 0.25) is 0 Å². The number of hydrogen-bond acceptors (Lipinski definition) is 3. The van der Waals surface area contributed by atoms with Crippen LogP contribution in [0.15, 0.2) is 0 Å². The molecule has 0 radical (unpaired) electrons. The molecule has 0 saturated heterocycles. The highest BCUT2D eigenvalue weighted by atomic mass is 16.4. The van der Waals surface area contributed by atoms with Gasteiger partial charge >= 0.3 is 11.9 Å². The van der Waals surface area contributed by atoms with Crippen LogP contribution >= 0.6 is 0 Å². The fourth-order valence-corrected chi connectivity index (χ4v) is 9.79. The van der Waals surface area contributed by atoms with E-state index in [2.05, 4.69) is 34.6 Å². The van der Waals surface area contributed by atoms with E-state index in [1.807, 2.05) is 0 Å². The molecule has 0 saturated carbocycles. The summed E-state index contributed by atoms with van der Waals surface area (Å²) >= 11 is 0. The molecule has 0 aliphatic rings. The van der Waals surface area contributed by atoms with Gasteiger partial charge in [0.1, 0.15) is 0 Å². The Morgan fingerprint density at radius 3 is 0.623 bits per heavy atom. The summed E-state index contributed by atoms with van der Waals surface area (Å²) in [7, 11) is 0. The summed E-state index contributed by atoms with van der Waals surface area (Å²) in [5.41, 5.74) is 0. The lowest BCUT2D eigenvalue weighted by Gasteiger charge is -2.12. The maximum atomic E-state index is 11.6. The molecule has 0 heterocycles. The first-order valence-electron chi connectivity index (χ1n) is 31.9. The molecule has 5 heteroatoms. The molecule has 0 aliphatic heterocycles. The molecule has 69 heavy (non-hydrogen) atoms. The Kier molecular flexibility index (Phi) is 70.0. The van der Waals surface area contributed by atoms with Gasteiger partial charge in [-0.25, -0.2) is 0 Å². The van der Waals surface area contributed by atoms with Crippen LogP contribution < -0.4 is 0 Å². The van der Waals surface area contributed by atoms with E-state index in [1.54, 1.807) is 0 Å². The third-order valence-corrected chi connectivity index (χ3v) is 14.7. The molecule has 0 aromatic carbocycles. The second kappa shape index (κ2) is 66.9. The Bertz CT molecular complexity index is 894. The quantitative estimate of drug-likeness (QED) is 0.0528. The number of aliphatic hydroxyl groups excluding tert-OH is 1. The molecule has 0 bridgehead atoms. The molecule has 1 unspecified atom stereocenters. The van der Waals surface area contributed by atoms with Gasteiger partial charge in [-0.15, -0.1) is 0 Å². The largest absolute Gasteiger partial charge is 0.481 e. The SMILES string of the molecule is CCCCCCCCCCCC(O)CCCCCCCC.CCCCCCCCCCCCCC(=O)O.CCCCCCCCCCCCCCC(CCCCCCCCCCCCCC)C(=O)O. The molecule has 416 valence electrons. The number of aliphatic carboxylic acids is 2. The molecular weight excluding hydrogens is 849 g/mol. The Hall–Kier alpha value is -1.10. The molecule has 3 N–H and O–H groups in total. The molecule has 0 aliphatic carbocycles. The summed E-state index contributed by atoms with van der Waals surface area (Å²) < 4.78 is 0. The Labute approximate surface area is 434 Å². The first kappa shape index (κ1) is 72.1. The fraction of sp³-hybridized carbons (Fsp3) is 0.969. The number of unbranched alkanes of at least 4 members (excludes halogenated alkanes) is 45. The van der Waals surface area contributed by atoms with Gasteiger partial charge in [-0.2, -0.15) is 0 Å². The fourth-order valence-electron chi connectivity index (χ4n) is 9.79. The number of rotatable bonds is 56. The van der Waals surface area contributed by atoms with Gasteiger partial charge in [0.25, 0.3) is 0 Å². The van der Waals surface area contributed by atoms with Crippen molar-refractivity contribution in [3.63, 3.8) is 0 Å². The minimum Gasteiger partial charge on any atom is -0.481 e. The molecule has 0 amide bonds. The molecule has 0 fully saturated rings. The van der Waals surface area contributed by atoms with E-state index >= 15 is 0 Å². The lowest BCUT2D eigenvalue weighted by atomic mass is 9.94. The van der Waals surface area contributed by atoms with Gasteiger partial charge in [0.05, 0.1) is 12.0 Å². The van der Waals surface area contributed by atoms with Crippen LogP contribution in [0.4, 0.5) is 0 Å². The average molecular weight is 980 g/mol. The van der Waals surface area contributed by atoms with Crippen molar-refractivity contribution >= 4 is 11.9 Å². The third kappa shape index (κ3) is 71.2. The lowest BCUT2D eigenvalue weighted by molar-refractivity contribution is -0.142. The maximum absolute atomic E-state index is 11.6. The van der Waals surface area contributed by atoms with Crippen LogP contribution in [0, 0.1) is 5.92 Å². The van der Waals surface area contributed by atoms with Crippen LogP contribution in [-0.2, 0) is 9.59 Å². The van der Waals surface area contributed by atoms with Gasteiger partial charge in [0, 0.05) is 6.42 Å². The van der Waals surface area contributed by atoms with Gasteiger partial charge in [0.2, 0.25) is 0 Å². The maximum Gasteiger partial charge on any atom is 0.306 e. The smallest absolute Gasteiger partial charge is 0.306 e. The standard InChI is InChI=1S/C30H60O2.C20H42O.C14H28O2/c1-3-5-7-9-11-13-15-17-19-21-23-25-27-29(30(31)32)28-26-24-22-20-18-16-14-12-10-8-6-4-2;1-3-5-7-9-11-12-13-15-17-19-20(21)18-16-14-10-8-6-4-2;1-2-3-4-5-6-7-8-9-10-11-12-13-14(15)16/h29H,3-28H2,1-2H3,(H,31,32);20-21H,3-19H2,1-2H3;2-13H2,1H3,(H,15,16). The van der Waals surface area contributed by atoms with Gasteiger partial charge in [-0.3, -0.25) is 9.59 Å². The van der Waals surface area contributed by atoms with Gasteiger partial charge in [-0.1, -0.05) is 349 Å². The van der Waals surface area contributed by atoms with Crippen molar-refractivity contribution in [2.24, 2.45) is 5.92 Å². The molecule has 0 spiro atoms. The number of hydrogen-bond donors (Lipinski definition) is 3. The summed E-state index contributed by atoms with van der Waals surface area (Å²) in [5.74, 6) is -1.31. The van der Waals surface area contributed by atoms with E-state index in [1.165, 1.54) is 295 Å². The zero-order valence-electron chi connectivity index (χ0n) is 48.2. The van der Waals surface area contributed by atoms with Crippen LogP contribution in [0.25, 0.3) is 0 Å². The summed E-state index contributed by atoms with van der Waals surface area (Å²) in [4.78, 5) is 21.8. The van der Waals surface area contributed by atoms with Crippen LogP contribution in [0.5, 0.6) is 0 Å². The third-order valence-electron chi connectivity index (χ3n) is 14.7. The van der Waals surface area contributed by atoms with E-state index in [0.29, 0.717) is 6.42 Å². The van der Waals surface area contributed by atoms with Crippen molar-refractivity contribution in [3.05, 3.63) is 0 Å². The predicted molar refractivity (Wildman–Crippen MR) is 307 cm³/mol. The molecule has 0 aromatic rings. The summed E-state index contributed by atoms with van der Waals surface area (Å²) in [6, 6.07) is 0. The van der Waals surface area contributed by atoms with Gasteiger partial charge in [0.15, 0.2) is 0 Å². The second-order valence-corrected chi connectivity index (χ2v) is 21.9. The number of carbonyl (C=O) groups is 2. The van der Waals surface area contributed by atoms with Crippen LogP contribution in [0.1, 0.15) is 388 Å². The first-order valence-corrected chi connectivity index (χ1v) is 31.9. The summed E-state index contributed by atoms with van der Waals surface area (Å²) in [6.07, 6.45) is 70.7. The number of carboxylic acids is 2. The van der Waals surface area contributed by atoms with Crippen LogP contribution in [-0.4, -0.2) is 33.4 Å². The van der Waals surface area contributed by atoms with E-state index in [9.17, 15) is 19.8 Å². The van der Waals surface area contributed by atoms with E-state index in [-0.39, 0.29) is 12.0 Å². The van der Waals surface area contributed by atoms with Crippen molar-refractivity contribution in [2.45, 2.75) is 394 Å². The Balaban J connectivity index is -0.00000101. The van der Waals surface area contributed by atoms with Crippen molar-refractivity contribution in [1.29, 1.82) is 0 Å². The predicted octanol–water partition coefficient (Wildman–Crippen LogP) is 22.7.